The number of amides is 1. The van der Waals surface area contributed by atoms with Gasteiger partial charge in [-0.1, -0.05) is 36.1 Å². The predicted octanol–water partition coefficient (Wildman–Crippen LogP) is 3.84. The first kappa shape index (κ1) is 15.3. The maximum Gasteiger partial charge on any atom is 0.266 e. The number of ether oxygens (including phenoxy) is 1. The van der Waals surface area contributed by atoms with Gasteiger partial charge in [-0.3, -0.25) is 9.69 Å². The summed E-state index contributed by atoms with van der Waals surface area (Å²) in [7, 11) is 1.61. The van der Waals surface area contributed by atoms with E-state index in [1.165, 1.54) is 16.7 Å². The number of carbonyl (C=O) groups is 1. The van der Waals surface area contributed by atoms with Gasteiger partial charge in [-0.2, -0.15) is 0 Å². The second-order valence-electron chi connectivity index (χ2n) is 3.97. The molecule has 1 aromatic carbocycles. The maximum absolute atomic E-state index is 12.2. The number of benzene rings is 1. The molecule has 1 aliphatic rings. The molecule has 0 N–H and O–H groups in total. The molecule has 1 heterocycles. The largest absolute Gasteiger partial charge is 0.496 e. The van der Waals surface area contributed by atoms with Crippen molar-refractivity contribution < 1.29 is 9.53 Å². The van der Waals surface area contributed by atoms with E-state index in [2.05, 4.69) is 22.5 Å². The Kier molecular flexibility index (Phi) is 5.01. The molecule has 0 aromatic heterocycles. The number of thiocarbonyl (C=S) groups is 1. The molecular weight excluding hydrogens is 358 g/mol. The molecule has 20 heavy (non-hydrogen) atoms. The van der Waals surface area contributed by atoms with Crippen molar-refractivity contribution in [1.29, 1.82) is 0 Å². The van der Waals surface area contributed by atoms with E-state index in [0.717, 1.165) is 15.8 Å². The van der Waals surface area contributed by atoms with Crippen LogP contribution in [0.5, 0.6) is 5.75 Å². The Labute approximate surface area is 135 Å². The molecule has 2 rings (SSSR count). The number of nitrogens with zero attached hydrogens (tertiary/aromatic N) is 1. The fourth-order valence-corrected chi connectivity index (χ4v) is 3.54. The summed E-state index contributed by atoms with van der Waals surface area (Å²) < 4.78 is 6.58. The van der Waals surface area contributed by atoms with Crippen LogP contribution in [0, 0.1) is 0 Å². The van der Waals surface area contributed by atoms with Crippen molar-refractivity contribution in [3.63, 3.8) is 0 Å². The summed E-state index contributed by atoms with van der Waals surface area (Å²) in [4.78, 5) is 14.3. The lowest BCUT2D eigenvalue weighted by molar-refractivity contribution is -0.121. The van der Waals surface area contributed by atoms with Gasteiger partial charge in [0.2, 0.25) is 0 Å². The van der Waals surface area contributed by atoms with E-state index in [9.17, 15) is 4.79 Å². The molecule has 0 aliphatic carbocycles. The second kappa shape index (κ2) is 6.56. The van der Waals surface area contributed by atoms with Crippen LogP contribution in [0.3, 0.4) is 0 Å². The van der Waals surface area contributed by atoms with Crippen LogP contribution in [-0.4, -0.2) is 28.8 Å². The zero-order valence-electron chi connectivity index (χ0n) is 10.8. The molecule has 0 spiro atoms. The Morgan fingerprint density at radius 3 is 2.90 bits per heavy atom. The molecule has 1 aromatic rings. The Morgan fingerprint density at radius 1 is 1.55 bits per heavy atom. The molecule has 0 unspecified atom stereocenters. The van der Waals surface area contributed by atoms with Gasteiger partial charge in [0.05, 0.1) is 16.5 Å². The number of rotatable bonds is 4. The number of hydrogen-bond donors (Lipinski definition) is 0. The summed E-state index contributed by atoms with van der Waals surface area (Å²) >= 11 is 9.92. The van der Waals surface area contributed by atoms with E-state index in [4.69, 9.17) is 17.0 Å². The topological polar surface area (TPSA) is 29.5 Å². The van der Waals surface area contributed by atoms with Gasteiger partial charge in [-0.25, -0.2) is 0 Å². The third-order valence-electron chi connectivity index (χ3n) is 2.66. The van der Waals surface area contributed by atoms with E-state index in [-0.39, 0.29) is 5.91 Å². The summed E-state index contributed by atoms with van der Waals surface area (Å²) in [5.41, 5.74) is 0.914. The molecule has 1 saturated heterocycles. The van der Waals surface area contributed by atoms with Crippen molar-refractivity contribution in [3.05, 3.63) is 45.8 Å². The zero-order chi connectivity index (χ0) is 14.7. The minimum Gasteiger partial charge on any atom is -0.496 e. The number of carbonyl (C=O) groups excluding carboxylic acids is 1. The van der Waals surface area contributed by atoms with Crippen LogP contribution < -0.4 is 4.74 Å². The molecule has 0 bridgehead atoms. The molecule has 3 nitrogen and oxygen atoms in total. The number of methoxy groups -OCH3 is 1. The lowest BCUT2D eigenvalue weighted by Crippen LogP contribution is -2.27. The van der Waals surface area contributed by atoms with E-state index >= 15 is 0 Å². The van der Waals surface area contributed by atoms with Crippen molar-refractivity contribution in [2.75, 3.05) is 13.7 Å². The smallest absolute Gasteiger partial charge is 0.266 e. The highest BCUT2D eigenvalue weighted by atomic mass is 79.9. The summed E-state index contributed by atoms with van der Waals surface area (Å²) in [5, 5.41) is 0. The first-order chi connectivity index (χ1) is 9.56. The third-order valence-corrected chi connectivity index (χ3v) is 4.66. The summed E-state index contributed by atoms with van der Waals surface area (Å²) in [5.74, 6) is 0.674. The average Bonchev–Trinajstić information content (AvgIpc) is 2.67. The summed E-state index contributed by atoms with van der Waals surface area (Å²) in [6, 6.07) is 5.64. The molecule has 1 fully saturated rings. The van der Waals surface area contributed by atoms with Crippen LogP contribution in [0.25, 0.3) is 6.08 Å². The van der Waals surface area contributed by atoms with Crippen molar-refractivity contribution in [3.8, 4) is 5.75 Å². The Hall–Kier alpha value is -1.11. The molecule has 0 atom stereocenters. The number of thioether (sulfide) groups is 1. The van der Waals surface area contributed by atoms with Gasteiger partial charge in [0.1, 0.15) is 10.1 Å². The van der Waals surface area contributed by atoms with Gasteiger partial charge < -0.3 is 4.74 Å². The lowest BCUT2D eigenvalue weighted by Gasteiger charge is -2.10. The maximum atomic E-state index is 12.2. The highest BCUT2D eigenvalue weighted by Gasteiger charge is 2.30. The van der Waals surface area contributed by atoms with Gasteiger partial charge in [-0.15, -0.1) is 6.58 Å². The molecule has 104 valence electrons. The lowest BCUT2D eigenvalue weighted by atomic mass is 10.2. The normalized spacial score (nSPS) is 16.9. The van der Waals surface area contributed by atoms with Crippen LogP contribution in [0.1, 0.15) is 5.56 Å². The molecular formula is C14H12BrNO2S2. The third kappa shape index (κ3) is 3.13. The highest BCUT2D eigenvalue weighted by molar-refractivity contribution is 9.10. The second-order valence-corrected chi connectivity index (χ2v) is 6.51. The fraction of sp³-hybridized carbons (Fsp3) is 0.143. The van der Waals surface area contributed by atoms with Crippen LogP contribution in [0.15, 0.2) is 40.2 Å². The van der Waals surface area contributed by atoms with Gasteiger partial charge >= 0.3 is 0 Å². The Bertz CT molecular complexity index is 613. The molecule has 6 heteroatoms. The molecule has 0 saturated carbocycles. The predicted molar refractivity (Wildman–Crippen MR) is 90.8 cm³/mol. The Balaban J connectivity index is 2.28. The van der Waals surface area contributed by atoms with Gasteiger partial charge in [0.15, 0.2) is 0 Å². The molecule has 1 aliphatic heterocycles. The van der Waals surface area contributed by atoms with Crippen LogP contribution in [0.4, 0.5) is 0 Å². The monoisotopic (exact) mass is 369 g/mol. The highest BCUT2D eigenvalue weighted by Crippen LogP contribution is 2.33. The first-order valence-electron chi connectivity index (χ1n) is 5.76. The standard InChI is InChI=1S/C14H12BrNO2S2/c1-3-6-16-13(17)12(20-14(16)19)8-9-4-5-11(18-2)10(15)7-9/h3-5,7-8H,1,6H2,2H3. The number of hydrogen-bond acceptors (Lipinski definition) is 4. The fourth-order valence-electron chi connectivity index (χ4n) is 1.71. The molecule has 1 amide bonds. The summed E-state index contributed by atoms with van der Waals surface area (Å²) in [6.45, 7) is 4.07. The van der Waals surface area contributed by atoms with Crippen LogP contribution in [-0.2, 0) is 4.79 Å². The van der Waals surface area contributed by atoms with Crippen molar-refractivity contribution >= 4 is 56.2 Å². The molecule has 0 radical (unpaired) electrons. The van der Waals surface area contributed by atoms with E-state index < -0.39 is 0 Å². The van der Waals surface area contributed by atoms with Crippen LogP contribution in [0.2, 0.25) is 0 Å². The van der Waals surface area contributed by atoms with E-state index in [1.54, 1.807) is 13.2 Å². The summed E-state index contributed by atoms with van der Waals surface area (Å²) in [6.07, 6.45) is 3.49. The van der Waals surface area contributed by atoms with Crippen molar-refractivity contribution in [2.24, 2.45) is 0 Å². The van der Waals surface area contributed by atoms with Gasteiger partial charge in [0.25, 0.3) is 5.91 Å². The Morgan fingerprint density at radius 2 is 2.30 bits per heavy atom. The SMILES string of the molecule is C=CCN1C(=O)C(=Cc2ccc(OC)c(Br)c2)SC1=S. The van der Waals surface area contributed by atoms with Crippen molar-refractivity contribution in [2.45, 2.75) is 0 Å². The van der Waals surface area contributed by atoms with E-state index in [0.29, 0.717) is 15.8 Å². The van der Waals surface area contributed by atoms with Gasteiger partial charge in [0, 0.05) is 6.54 Å². The van der Waals surface area contributed by atoms with E-state index in [1.807, 2.05) is 24.3 Å². The van der Waals surface area contributed by atoms with Crippen molar-refractivity contribution in [1.82, 2.24) is 4.90 Å². The minimum absolute atomic E-state index is 0.0770. The first-order valence-corrected chi connectivity index (χ1v) is 7.78. The van der Waals surface area contributed by atoms with Crippen LogP contribution >= 0.6 is 39.9 Å². The number of halogens is 1. The minimum atomic E-state index is -0.0770. The quantitative estimate of drug-likeness (QED) is 0.458. The average molecular weight is 370 g/mol. The van der Waals surface area contributed by atoms with Gasteiger partial charge in [-0.05, 0) is 39.7 Å². The zero-order valence-corrected chi connectivity index (χ0v) is 14.0.